The molecule has 174 valence electrons. The summed E-state index contributed by atoms with van der Waals surface area (Å²) >= 11 is 1.75. The first-order valence-corrected chi connectivity index (χ1v) is 13.1. The van der Waals surface area contributed by atoms with Crippen molar-refractivity contribution in [2.45, 2.75) is 26.2 Å². The van der Waals surface area contributed by atoms with Crippen LogP contribution >= 0.6 is 11.3 Å². The average molecular weight is 484 g/mol. The molecule has 0 unspecified atom stereocenters. The van der Waals surface area contributed by atoms with Gasteiger partial charge in [-0.2, -0.15) is 0 Å². The van der Waals surface area contributed by atoms with Gasteiger partial charge in [0.05, 0.1) is 16.7 Å². The third-order valence-corrected chi connectivity index (χ3v) is 7.94. The van der Waals surface area contributed by atoms with Gasteiger partial charge in [-0.3, -0.25) is 0 Å². The fourth-order valence-corrected chi connectivity index (χ4v) is 6.22. The molecule has 3 heterocycles. The van der Waals surface area contributed by atoms with Gasteiger partial charge in [-0.1, -0.05) is 87.5 Å². The Balaban J connectivity index is 1.60. The molecule has 3 aromatic heterocycles. The summed E-state index contributed by atoms with van der Waals surface area (Å²) in [6.45, 7) is 6.55. The van der Waals surface area contributed by atoms with Gasteiger partial charge >= 0.3 is 0 Å². The van der Waals surface area contributed by atoms with Crippen molar-refractivity contribution >= 4 is 53.4 Å². The maximum atomic E-state index is 5.21. The monoisotopic (exact) mass is 483 g/mol. The SMILES string of the molecule is CC(C)(C)c1nc(-c2ccc3c4ccccc4n(-c4ccccc4)c3c2)c2c(n1)sc1ccccc12. The lowest BCUT2D eigenvalue weighted by molar-refractivity contribution is 0.549. The van der Waals surface area contributed by atoms with Crippen LogP contribution in [0.2, 0.25) is 0 Å². The molecule has 4 aromatic carbocycles. The number of thiophene rings is 1. The van der Waals surface area contributed by atoms with Gasteiger partial charge in [-0.15, -0.1) is 11.3 Å². The topological polar surface area (TPSA) is 30.7 Å². The fourth-order valence-electron chi connectivity index (χ4n) is 5.14. The summed E-state index contributed by atoms with van der Waals surface area (Å²) in [7, 11) is 0. The highest BCUT2D eigenvalue weighted by molar-refractivity contribution is 7.25. The molecule has 0 radical (unpaired) electrons. The molecule has 0 aliphatic carbocycles. The largest absolute Gasteiger partial charge is 0.309 e. The third kappa shape index (κ3) is 3.18. The van der Waals surface area contributed by atoms with Gasteiger partial charge in [0.15, 0.2) is 0 Å². The van der Waals surface area contributed by atoms with E-state index < -0.39 is 0 Å². The van der Waals surface area contributed by atoms with E-state index in [1.54, 1.807) is 11.3 Å². The van der Waals surface area contributed by atoms with Crippen molar-refractivity contribution in [3.63, 3.8) is 0 Å². The fraction of sp³-hybridized carbons (Fsp3) is 0.125. The lowest BCUT2D eigenvalue weighted by Gasteiger charge is -2.18. The molecule has 0 amide bonds. The standard InChI is InChI=1S/C32H25N3S/c1-32(2,3)31-33-29(28-24-14-8-10-16-27(24)36-30(28)34-31)20-17-18-23-22-13-7-9-15-25(22)35(26(23)19-20)21-11-5-4-6-12-21/h4-19H,1-3H3. The first-order chi connectivity index (χ1) is 17.5. The Morgan fingerprint density at radius 2 is 1.36 bits per heavy atom. The van der Waals surface area contributed by atoms with Gasteiger partial charge in [-0.25, -0.2) is 9.97 Å². The summed E-state index contributed by atoms with van der Waals surface area (Å²) in [6, 6.07) is 34.6. The average Bonchev–Trinajstić information content (AvgIpc) is 3.43. The Labute approximate surface area is 213 Å². The van der Waals surface area contributed by atoms with Crippen LogP contribution in [0.15, 0.2) is 97.1 Å². The lowest BCUT2D eigenvalue weighted by atomic mass is 9.95. The summed E-state index contributed by atoms with van der Waals surface area (Å²) < 4.78 is 3.61. The second-order valence-corrected chi connectivity index (χ2v) is 11.4. The predicted molar refractivity (Wildman–Crippen MR) is 153 cm³/mol. The molecule has 0 aliphatic rings. The molecule has 0 saturated heterocycles. The number of para-hydroxylation sites is 2. The number of fused-ring (bicyclic) bond motifs is 6. The molecular formula is C32H25N3S. The molecule has 3 nitrogen and oxygen atoms in total. The first kappa shape index (κ1) is 21.3. The van der Waals surface area contributed by atoms with Crippen LogP contribution in [0.4, 0.5) is 0 Å². The van der Waals surface area contributed by atoms with Gasteiger partial charge in [0.2, 0.25) is 0 Å². The van der Waals surface area contributed by atoms with Crippen LogP contribution < -0.4 is 0 Å². The molecular weight excluding hydrogens is 458 g/mol. The quantitative estimate of drug-likeness (QED) is 0.246. The third-order valence-electron chi connectivity index (χ3n) is 6.87. The Hall–Kier alpha value is -4.02. The summed E-state index contributed by atoms with van der Waals surface area (Å²) in [5.74, 6) is 0.875. The Kier molecular flexibility index (Phi) is 4.57. The van der Waals surface area contributed by atoms with Crippen LogP contribution in [0.3, 0.4) is 0 Å². The van der Waals surface area contributed by atoms with Gasteiger partial charge in [-0.05, 0) is 30.3 Å². The minimum atomic E-state index is -0.151. The van der Waals surface area contributed by atoms with Gasteiger partial charge in [0, 0.05) is 42.9 Å². The molecule has 7 aromatic rings. The molecule has 4 heteroatoms. The molecule has 36 heavy (non-hydrogen) atoms. The van der Waals surface area contributed by atoms with E-state index in [9.17, 15) is 0 Å². The molecule has 0 saturated carbocycles. The maximum Gasteiger partial charge on any atom is 0.136 e. The van der Waals surface area contributed by atoms with E-state index in [-0.39, 0.29) is 5.41 Å². The van der Waals surface area contributed by atoms with E-state index in [0.29, 0.717) is 0 Å². The number of rotatable bonds is 2. The highest BCUT2D eigenvalue weighted by atomic mass is 32.1. The summed E-state index contributed by atoms with van der Waals surface area (Å²) in [4.78, 5) is 11.3. The zero-order chi connectivity index (χ0) is 24.4. The van der Waals surface area contributed by atoms with Gasteiger partial charge in [0.25, 0.3) is 0 Å². The minimum Gasteiger partial charge on any atom is -0.309 e. The lowest BCUT2D eigenvalue weighted by Crippen LogP contribution is -2.16. The van der Waals surface area contributed by atoms with Crippen molar-refractivity contribution in [2.75, 3.05) is 0 Å². The van der Waals surface area contributed by atoms with E-state index in [1.165, 1.54) is 31.9 Å². The summed E-state index contributed by atoms with van der Waals surface area (Å²) in [5.41, 5.74) is 5.52. The zero-order valence-corrected chi connectivity index (χ0v) is 21.3. The van der Waals surface area contributed by atoms with Gasteiger partial charge in [0.1, 0.15) is 10.7 Å². The van der Waals surface area contributed by atoms with E-state index >= 15 is 0 Å². The molecule has 0 spiro atoms. The van der Waals surface area contributed by atoms with Crippen molar-refractivity contribution in [3.8, 4) is 16.9 Å². The maximum absolute atomic E-state index is 5.21. The Morgan fingerprint density at radius 1 is 0.667 bits per heavy atom. The number of aromatic nitrogens is 3. The van der Waals surface area contributed by atoms with Crippen LogP contribution in [0.5, 0.6) is 0 Å². The van der Waals surface area contributed by atoms with E-state index in [2.05, 4.69) is 122 Å². The molecule has 0 bridgehead atoms. The smallest absolute Gasteiger partial charge is 0.136 e. The van der Waals surface area contributed by atoms with Crippen molar-refractivity contribution < 1.29 is 0 Å². The van der Waals surface area contributed by atoms with Crippen molar-refractivity contribution in [2.24, 2.45) is 0 Å². The summed E-state index contributed by atoms with van der Waals surface area (Å²) in [5, 5.41) is 4.86. The van der Waals surface area contributed by atoms with Crippen LogP contribution in [0.1, 0.15) is 26.6 Å². The Morgan fingerprint density at radius 3 is 2.17 bits per heavy atom. The van der Waals surface area contributed by atoms with Crippen molar-refractivity contribution in [1.82, 2.24) is 14.5 Å². The molecule has 0 aliphatic heterocycles. The highest BCUT2D eigenvalue weighted by Crippen LogP contribution is 2.41. The minimum absolute atomic E-state index is 0.151. The molecule has 0 atom stereocenters. The predicted octanol–water partition coefficient (Wildman–Crippen LogP) is 8.91. The number of benzene rings is 4. The highest BCUT2D eigenvalue weighted by Gasteiger charge is 2.23. The Bertz CT molecular complexity index is 1920. The molecule has 7 rings (SSSR count). The second-order valence-electron chi connectivity index (χ2n) is 10.3. The first-order valence-electron chi connectivity index (χ1n) is 12.3. The zero-order valence-electron chi connectivity index (χ0n) is 20.5. The van der Waals surface area contributed by atoms with E-state index in [4.69, 9.17) is 9.97 Å². The molecule has 0 fully saturated rings. The number of hydrogen-bond donors (Lipinski definition) is 0. The summed E-state index contributed by atoms with van der Waals surface area (Å²) in [6.07, 6.45) is 0. The van der Waals surface area contributed by atoms with Crippen molar-refractivity contribution in [3.05, 3.63) is 103 Å². The van der Waals surface area contributed by atoms with Crippen LogP contribution in [0, 0.1) is 0 Å². The van der Waals surface area contributed by atoms with E-state index in [1.807, 2.05) is 0 Å². The van der Waals surface area contributed by atoms with E-state index in [0.717, 1.165) is 33.0 Å². The van der Waals surface area contributed by atoms with Crippen LogP contribution in [-0.4, -0.2) is 14.5 Å². The number of nitrogens with zero attached hydrogens (tertiary/aromatic N) is 3. The molecule has 0 N–H and O–H groups in total. The second kappa shape index (κ2) is 7.74. The van der Waals surface area contributed by atoms with Gasteiger partial charge < -0.3 is 4.57 Å². The van der Waals surface area contributed by atoms with Crippen molar-refractivity contribution in [1.29, 1.82) is 0 Å². The van der Waals surface area contributed by atoms with Crippen LogP contribution in [0.25, 0.3) is 59.1 Å². The normalized spacial score (nSPS) is 12.3. The van der Waals surface area contributed by atoms with Crippen LogP contribution in [-0.2, 0) is 5.41 Å². The number of hydrogen-bond acceptors (Lipinski definition) is 3.